The molecule has 3 rings (SSSR count). The fraction of sp³-hybridized carbons (Fsp3) is 0.568. The molecule has 0 aliphatic carbocycles. The monoisotopic (exact) mass is 696 g/mol. The fourth-order valence-electron chi connectivity index (χ4n) is 5.59. The highest BCUT2D eigenvalue weighted by molar-refractivity contribution is 5.83. The van der Waals surface area contributed by atoms with Gasteiger partial charge in [0.2, 0.25) is 5.92 Å². The molecule has 1 unspecified atom stereocenters. The van der Waals surface area contributed by atoms with Crippen LogP contribution in [-0.4, -0.2) is 36.2 Å². The van der Waals surface area contributed by atoms with Crippen LogP contribution in [0.2, 0.25) is 0 Å². The third-order valence-electron chi connectivity index (χ3n) is 8.26. The molecule has 3 aromatic rings. The molecule has 7 nitrogen and oxygen atoms in total. The van der Waals surface area contributed by atoms with E-state index in [4.69, 9.17) is 25.4 Å². The molecule has 0 saturated heterocycles. The Morgan fingerprint density at radius 2 is 1.53 bits per heavy atom. The van der Waals surface area contributed by atoms with Gasteiger partial charge in [0.25, 0.3) is 0 Å². The van der Waals surface area contributed by atoms with E-state index in [0.29, 0.717) is 17.4 Å². The zero-order valence-electron chi connectivity index (χ0n) is 29.0. The number of carbonyl (C=O) groups is 1. The van der Waals surface area contributed by atoms with Gasteiger partial charge in [-0.3, -0.25) is 4.79 Å². The molecule has 49 heavy (non-hydrogen) atoms. The van der Waals surface area contributed by atoms with E-state index < -0.39 is 59.1 Å². The molecule has 1 aromatic heterocycles. The van der Waals surface area contributed by atoms with E-state index >= 15 is 0 Å². The Morgan fingerprint density at radius 1 is 0.857 bits per heavy atom. The van der Waals surface area contributed by atoms with Gasteiger partial charge in [0, 0.05) is 40.9 Å². The first-order chi connectivity index (χ1) is 22.7. The van der Waals surface area contributed by atoms with E-state index in [9.17, 15) is 31.5 Å². The van der Waals surface area contributed by atoms with Gasteiger partial charge in [-0.1, -0.05) is 31.9 Å². The molecule has 1 heterocycles. The number of carbonyl (C=O) groups excluding carboxylic acids is 1. The summed E-state index contributed by atoms with van der Waals surface area (Å²) in [4.78, 5) is 25.5. The topological polar surface area (TPSA) is 118 Å². The minimum Gasteiger partial charge on any atom is -0.493 e. The molecular formula is C37H49F5N2O5. The number of hydrogen-bond donors (Lipinski definition) is 2. The summed E-state index contributed by atoms with van der Waals surface area (Å²) in [6, 6.07) is 9.81. The Hall–Kier alpha value is -3.51. The van der Waals surface area contributed by atoms with E-state index in [1.807, 2.05) is 6.92 Å². The van der Waals surface area contributed by atoms with Crippen LogP contribution in [-0.2, 0) is 22.1 Å². The normalized spacial score (nSPS) is 13.5. The molecule has 0 aliphatic heterocycles. The third kappa shape index (κ3) is 12.4. The number of aryl methyl sites for hydroxylation is 1. The molecule has 12 heteroatoms. The molecule has 4 N–H and O–H groups in total. The Bertz CT molecular complexity index is 1610. The zero-order valence-corrected chi connectivity index (χ0v) is 29.0. The molecular weight excluding hydrogens is 647 g/mol. The van der Waals surface area contributed by atoms with Crippen LogP contribution in [0.25, 0.3) is 22.1 Å². The van der Waals surface area contributed by atoms with Crippen molar-refractivity contribution >= 4 is 16.9 Å². The maximum atomic E-state index is 14.5. The minimum absolute atomic E-state index is 0.0113. The van der Waals surface area contributed by atoms with Crippen LogP contribution in [0.1, 0.15) is 97.1 Å². The van der Waals surface area contributed by atoms with E-state index in [-0.39, 0.29) is 54.9 Å². The van der Waals surface area contributed by atoms with Crippen molar-refractivity contribution in [3.05, 3.63) is 64.0 Å². The molecule has 0 radical (unpaired) electrons. The van der Waals surface area contributed by atoms with Crippen molar-refractivity contribution < 1.29 is 40.6 Å². The fourth-order valence-corrected chi connectivity index (χ4v) is 5.59. The van der Waals surface area contributed by atoms with Crippen molar-refractivity contribution in [2.75, 3.05) is 13.2 Å². The second-order valence-electron chi connectivity index (χ2n) is 14.1. The van der Waals surface area contributed by atoms with Gasteiger partial charge in [0.1, 0.15) is 11.3 Å². The number of halogens is 5. The summed E-state index contributed by atoms with van der Waals surface area (Å²) in [5, 5.41) is 0.377. The van der Waals surface area contributed by atoms with Crippen molar-refractivity contribution in [2.24, 2.45) is 17.4 Å². The van der Waals surface area contributed by atoms with Gasteiger partial charge >= 0.3 is 17.8 Å². The highest BCUT2D eigenvalue weighted by Crippen LogP contribution is 2.38. The van der Waals surface area contributed by atoms with Crippen LogP contribution in [0.3, 0.4) is 0 Å². The summed E-state index contributed by atoms with van der Waals surface area (Å²) in [5.41, 5.74) is 8.94. The second kappa shape index (κ2) is 16.5. The number of alkyl halides is 5. The average molecular weight is 697 g/mol. The van der Waals surface area contributed by atoms with E-state index in [0.717, 1.165) is 25.3 Å². The lowest BCUT2D eigenvalue weighted by Gasteiger charge is -2.33. The average Bonchev–Trinajstić information content (AvgIpc) is 2.98. The number of rotatable bonds is 18. The van der Waals surface area contributed by atoms with Crippen LogP contribution >= 0.6 is 0 Å². The quantitative estimate of drug-likeness (QED) is 0.0591. The highest BCUT2D eigenvalue weighted by Gasteiger charge is 2.37. The predicted molar refractivity (Wildman–Crippen MR) is 181 cm³/mol. The molecule has 0 amide bonds. The van der Waals surface area contributed by atoms with Crippen LogP contribution in [0.5, 0.6) is 5.75 Å². The number of hydrogen-bond acceptors (Lipinski definition) is 7. The lowest BCUT2D eigenvalue weighted by Crippen LogP contribution is -2.50. The highest BCUT2D eigenvalue weighted by atomic mass is 19.4. The first-order valence-electron chi connectivity index (χ1n) is 16.7. The lowest BCUT2D eigenvalue weighted by atomic mass is 9.80. The van der Waals surface area contributed by atoms with E-state index in [1.165, 1.54) is 30.3 Å². The van der Waals surface area contributed by atoms with Gasteiger partial charge in [-0.15, -0.1) is 0 Å². The summed E-state index contributed by atoms with van der Waals surface area (Å²) in [5.74, 6) is -4.01. The molecule has 2 aromatic carbocycles. The number of nitrogens with two attached hydrogens (primary N) is 2. The number of esters is 1. The van der Waals surface area contributed by atoms with Gasteiger partial charge < -0.3 is 25.4 Å². The molecule has 0 saturated carbocycles. The number of ether oxygens (including phenoxy) is 2. The maximum Gasteiger partial charge on any atom is 0.417 e. The standard InChI is InChI=1S/C37H49F5N2O5/c1-6-7-8-11-24-12-15-27(29(20-24)37(40,41)42)28-21-25-13-14-26(22-31(25)49-32(28)45)47-18-9-16-36(38,39)17-10-19-48-33(46)30(35(4,5)44)23-34(2,3)43/h12-15,20-22,30H,6-11,16-19,23,43-44H2,1-5H3. The molecule has 0 aliphatic rings. The molecule has 0 spiro atoms. The van der Waals surface area contributed by atoms with Crippen LogP contribution in [0, 0.1) is 5.92 Å². The Morgan fingerprint density at radius 3 is 2.14 bits per heavy atom. The largest absolute Gasteiger partial charge is 0.493 e. The smallest absolute Gasteiger partial charge is 0.417 e. The molecule has 272 valence electrons. The number of unbranched alkanes of at least 4 members (excludes halogenated alkanes) is 2. The van der Waals surface area contributed by atoms with Crippen LogP contribution in [0.4, 0.5) is 22.0 Å². The summed E-state index contributed by atoms with van der Waals surface area (Å²) in [6.45, 7) is 8.70. The van der Waals surface area contributed by atoms with Crippen molar-refractivity contribution in [1.82, 2.24) is 0 Å². The van der Waals surface area contributed by atoms with Gasteiger partial charge in [-0.25, -0.2) is 13.6 Å². The SMILES string of the molecule is CCCCCc1ccc(-c2cc3ccc(OCCCC(F)(F)CCCOC(=O)C(CC(C)(C)N)C(C)(C)N)cc3oc2=O)c(C(F)(F)F)c1. The molecule has 1 atom stereocenters. The van der Waals surface area contributed by atoms with Gasteiger partial charge in [0.05, 0.1) is 30.3 Å². The first-order valence-corrected chi connectivity index (χ1v) is 16.7. The van der Waals surface area contributed by atoms with Crippen molar-refractivity contribution in [2.45, 2.75) is 116 Å². The molecule has 0 bridgehead atoms. The second-order valence-corrected chi connectivity index (χ2v) is 14.1. The van der Waals surface area contributed by atoms with Crippen LogP contribution < -0.4 is 21.8 Å². The number of fused-ring (bicyclic) bond motifs is 1. The van der Waals surface area contributed by atoms with Crippen molar-refractivity contribution in [1.29, 1.82) is 0 Å². The van der Waals surface area contributed by atoms with Crippen LogP contribution in [0.15, 0.2) is 51.7 Å². The maximum absolute atomic E-state index is 14.5. The minimum atomic E-state index is -4.67. The van der Waals surface area contributed by atoms with E-state index in [1.54, 1.807) is 33.8 Å². The zero-order chi connectivity index (χ0) is 36.6. The number of benzene rings is 2. The van der Waals surface area contributed by atoms with Gasteiger partial charge in [-0.2, -0.15) is 13.2 Å². The summed E-state index contributed by atoms with van der Waals surface area (Å²) in [6.07, 6.45) is -2.26. The van der Waals surface area contributed by atoms with E-state index in [2.05, 4.69) is 0 Å². The predicted octanol–water partition coefficient (Wildman–Crippen LogP) is 8.81. The lowest BCUT2D eigenvalue weighted by molar-refractivity contribution is -0.152. The third-order valence-corrected chi connectivity index (χ3v) is 8.26. The summed E-state index contributed by atoms with van der Waals surface area (Å²) < 4.78 is 87.3. The Labute approximate surface area is 284 Å². The van der Waals surface area contributed by atoms with Gasteiger partial charge in [-0.05, 0) is 89.6 Å². The van der Waals surface area contributed by atoms with Crippen molar-refractivity contribution in [3.8, 4) is 16.9 Å². The first kappa shape index (κ1) is 39.9. The Balaban J connectivity index is 1.56. The van der Waals surface area contributed by atoms with Gasteiger partial charge in [0.15, 0.2) is 0 Å². The molecule has 0 fully saturated rings. The summed E-state index contributed by atoms with van der Waals surface area (Å²) in [7, 11) is 0. The van der Waals surface area contributed by atoms with Crippen molar-refractivity contribution in [3.63, 3.8) is 0 Å². The summed E-state index contributed by atoms with van der Waals surface area (Å²) >= 11 is 0. The Kier molecular flexibility index (Phi) is 13.4.